The SMILES string of the molecule is CCOC(=O)[C@H]1[C@H](CC)CCN1C(=O)OC(C)(C)C. The van der Waals surface area contributed by atoms with Gasteiger partial charge in [0.1, 0.15) is 11.6 Å². The Bertz CT molecular complexity index is 335. The molecule has 1 aliphatic rings. The van der Waals surface area contributed by atoms with Crippen LogP contribution in [0.5, 0.6) is 0 Å². The Morgan fingerprint density at radius 2 is 1.89 bits per heavy atom. The molecule has 1 saturated heterocycles. The highest BCUT2D eigenvalue weighted by molar-refractivity contribution is 5.82. The fourth-order valence-corrected chi connectivity index (χ4v) is 2.36. The normalized spacial score (nSPS) is 23.3. The van der Waals surface area contributed by atoms with Gasteiger partial charge in [0.2, 0.25) is 0 Å². The lowest BCUT2D eigenvalue weighted by molar-refractivity contribution is -0.149. The summed E-state index contributed by atoms with van der Waals surface area (Å²) in [4.78, 5) is 25.7. The molecule has 0 aromatic heterocycles. The predicted octanol–water partition coefficient (Wildman–Crippen LogP) is 2.59. The van der Waals surface area contributed by atoms with E-state index in [4.69, 9.17) is 9.47 Å². The molecule has 19 heavy (non-hydrogen) atoms. The van der Waals surface area contributed by atoms with Crippen molar-refractivity contribution in [3.63, 3.8) is 0 Å². The minimum atomic E-state index is -0.555. The first-order chi connectivity index (χ1) is 8.80. The van der Waals surface area contributed by atoms with Crippen LogP contribution in [0, 0.1) is 5.92 Å². The van der Waals surface area contributed by atoms with Gasteiger partial charge in [0.25, 0.3) is 0 Å². The maximum Gasteiger partial charge on any atom is 0.411 e. The van der Waals surface area contributed by atoms with Crippen LogP contribution in [0.4, 0.5) is 4.79 Å². The second-order valence-corrected chi connectivity index (χ2v) is 5.83. The first-order valence-corrected chi connectivity index (χ1v) is 6.96. The molecule has 0 aromatic rings. The van der Waals surface area contributed by atoms with Crippen LogP contribution >= 0.6 is 0 Å². The van der Waals surface area contributed by atoms with Crippen molar-refractivity contribution in [1.29, 1.82) is 0 Å². The van der Waals surface area contributed by atoms with E-state index in [0.717, 1.165) is 12.8 Å². The zero-order valence-corrected chi connectivity index (χ0v) is 12.6. The standard InChI is InChI=1S/C14H25NO4/c1-6-10-8-9-15(11(10)12(16)18-7-2)13(17)19-14(3,4)5/h10-11H,6-9H2,1-5H3/t10-,11-/m1/s1. The number of hydrogen-bond acceptors (Lipinski definition) is 4. The van der Waals surface area contributed by atoms with Gasteiger partial charge in [-0.1, -0.05) is 13.3 Å². The predicted molar refractivity (Wildman–Crippen MR) is 71.8 cm³/mol. The van der Waals surface area contributed by atoms with Gasteiger partial charge in [-0.2, -0.15) is 0 Å². The number of hydrogen-bond donors (Lipinski definition) is 0. The summed E-state index contributed by atoms with van der Waals surface area (Å²) in [7, 11) is 0. The molecular weight excluding hydrogens is 246 g/mol. The Kier molecular flexibility index (Phi) is 5.20. The van der Waals surface area contributed by atoms with Crippen LogP contribution in [0.3, 0.4) is 0 Å². The number of likely N-dealkylation sites (tertiary alicyclic amines) is 1. The molecule has 0 spiro atoms. The monoisotopic (exact) mass is 271 g/mol. The van der Waals surface area contributed by atoms with Gasteiger partial charge < -0.3 is 9.47 Å². The van der Waals surface area contributed by atoms with Crippen molar-refractivity contribution in [1.82, 2.24) is 4.90 Å². The minimum absolute atomic E-state index is 0.159. The van der Waals surface area contributed by atoms with Gasteiger partial charge in [-0.05, 0) is 40.0 Å². The van der Waals surface area contributed by atoms with Gasteiger partial charge in [-0.25, -0.2) is 9.59 Å². The third-order valence-electron chi connectivity index (χ3n) is 3.20. The molecule has 0 N–H and O–H groups in total. The fraction of sp³-hybridized carbons (Fsp3) is 0.857. The largest absolute Gasteiger partial charge is 0.464 e. The Morgan fingerprint density at radius 1 is 1.26 bits per heavy atom. The molecule has 110 valence electrons. The van der Waals surface area contributed by atoms with Crippen LogP contribution in [-0.2, 0) is 14.3 Å². The van der Waals surface area contributed by atoms with Crippen LogP contribution in [-0.4, -0.2) is 41.8 Å². The van der Waals surface area contributed by atoms with E-state index in [1.54, 1.807) is 6.92 Å². The zero-order valence-electron chi connectivity index (χ0n) is 12.6. The Hall–Kier alpha value is -1.26. The van der Waals surface area contributed by atoms with Gasteiger partial charge in [0, 0.05) is 6.54 Å². The fourth-order valence-electron chi connectivity index (χ4n) is 2.36. The summed E-state index contributed by atoms with van der Waals surface area (Å²) in [5.41, 5.74) is -0.555. The van der Waals surface area contributed by atoms with Crippen molar-refractivity contribution >= 4 is 12.1 Å². The van der Waals surface area contributed by atoms with E-state index in [0.29, 0.717) is 13.2 Å². The topological polar surface area (TPSA) is 55.8 Å². The quantitative estimate of drug-likeness (QED) is 0.740. The molecule has 0 aliphatic carbocycles. The molecule has 5 heteroatoms. The highest BCUT2D eigenvalue weighted by atomic mass is 16.6. The van der Waals surface area contributed by atoms with E-state index in [1.807, 2.05) is 27.7 Å². The van der Waals surface area contributed by atoms with Gasteiger partial charge in [-0.3, -0.25) is 4.90 Å². The van der Waals surface area contributed by atoms with Crippen LogP contribution in [0.2, 0.25) is 0 Å². The maximum absolute atomic E-state index is 12.1. The molecule has 1 heterocycles. The van der Waals surface area contributed by atoms with Gasteiger partial charge in [0.15, 0.2) is 0 Å². The molecule has 0 aromatic carbocycles. The number of ether oxygens (including phenoxy) is 2. The second-order valence-electron chi connectivity index (χ2n) is 5.83. The van der Waals surface area contributed by atoms with Crippen molar-refractivity contribution in [3.05, 3.63) is 0 Å². The van der Waals surface area contributed by atoms with Crippen LogP contribution in [0.25, 0.3) is 0 Å². The lowest BCUT2D eigenvalue weighted by Gasteiger charge is -2.29. The summed E-state index contributed by atoms with van der Waals surface area (Å²) in [6.45, 7) is 10.1. The van der Waals surface area contributed by atoms with Crippen molar-refractivity contribution in [3.8, 4) is 0 Å². The third kappa shape index (κ3) is 4.11. The smallest absolute Gasteiger partial charge is 0.411 e. The average molecular weight is 271 g/mol. The van der Waals surface area contributed by atoms with Gasteiger partial charge in [0.05, 0.1) is 6.61 Å². The molecule has 0 bridgehead atoms. The number of rotatable bonds is 3. The van der Waals surface area contributed by atoms with Crippen LogP contribution < -0.4 is 0 Å². The molecule has 0 saturated carbocycles. The molecule has 2 atom stereocenters. The number of nitrogens with zero attached hydrogens (tertiary/aromatic N) is 1. The first kappa shape index (κ1) is 15.8. The Morgan fingerprint density at radius 3 is 2.37 bits per heavy atom. The molecule has 1 fully saturated rings. The lowest BCUT2D eigenvalue weighted by atomic mass is 9.98. The van der Waals surface area contributed by atoms with E-state index >= 15 is 0 Å². The zero-order chi connectivity index (χ0) is 14.6. The van der Waals surface area contributed by atoms with Gasteiger partial charge >= 0.3 is 12.1 Å². The molecule has 1 rings (SSSR count). The lowest BCUT2D eigenvalue weighted by Crippen LogP contribution is -2.46. The molecule has 0 unspecified atom stereocenters. The van der Waals surface area contributed by atoms with E-state index in [2.05, 4.69) is 0 Å². The summed E-state index contributed by atoms with van der Waals surface area (Å²) >= 11 is 0. The van der Waals surface area contributed by atoms with E-state index in [-0.39, 0.29) is 11.9 Å². The molecule has 5 nitrogen and oxygen atoms in total. The molecule has 0 radical (unpaired) electrons. The van der Waals surface area contributed by atoms with Gasteiger partial charge in [-0.15, -0.1) is 0 Å². The summed E-state index contributed by atoms with van der Waals surface area (Å²) in [5, 5.41) is 0. The van der Waals surface area contributed by atoms with Crippen molar-refractivity contribution in [2.24, 2.45) is 5.92 Å². The summed E-state index contributed by atoms with van der Waals surface area (Å²) in [5.74, 6) is -0.163. The number of amides is 1. The number of carbonyl (C=O) groups excluding carboxylic acids is 2. The highest BCUT2D eigenvalue weighted by Gasteiger charge is 2.43. The van der Waals surface area contributed by atoms with E-state index in [9.17, 15) is 9.59 Å². The second kappa shape index (κ2) is 6.26. The first-order valence-electron chi connectivity index (χ1n) is 6.96. The summed E-state index contributed by atoms with van der Waals surface area (Å²) in [6, 6.07) is -0.500. The molecule has 1 aliphatic heterocycles. The molecule has 1 amide bonds. The summed E-state index contributed by atoms with van der Waals surface area (Å²) < 4.78 is 10.4. The van der Waals surface area contributed by atoms with Crippen molar-refractivity contribution in [2.45, 2.75) is 59.1 Å². The van der Waals surface area contributed by atoms with Crippen molar-refractivity contribution in [2.75, 3.05) is 13.2 Å². The maximum atomic E-state index is 12.1. The summed E-state index contributed by atoms with van der Waals surface area (Å²) in [6.07, 6.45) is 1.24. The van der Waals surface area contributed by atoms with Crippen molar-refractivity contribution < 1.29 is 19.1 Å². The Labute approximate surface area is 115 Å². The third-order valence-corrected chi connectivity index (χ3v) is 3.20. The number of esters is 1. The van der Waals surface area contributed by atoms with E-state index < -0.39 is 17.7 Å². The Balaban J connectivity index is 2.81. The molecular formula is C14H25NO4. The highest BCUT2D eigenvalue weighted by Crippen LogP contribution is 2.29. The number of carbonyl (C=O) groups is 2. The van der Waals surface area contributed by atoms with E-state index in [1.165, 1.54) is 4.90 Å². The van der Waals surface area contributed by atoms with Crippen LogP contribution in [0.15, 0.2) is 0 Å². The minimum Gasteiger partial charge on any atom is -0.464 e. The van der Waals surface area contributed by atoms with Crippen LogP contribution in [0.1, 0.15) is 47.5 Å². The average Bonchev–Trinajstić information content (AvgIpc) is 2.70.